The van der Waals surface area contributed by atoms with E-state index >= 15 is 0 Å². The number of unbranched alkanes of at least 4 members (excludes halogenated alkanes) is 3. The zero-order valence-corrected chi connectivity index (χ0v) is 44.9. The molecule has 12 nitrogen and oxygen atoms in total. The van der Waals surface area contributed by atoms with Crippen molar-refractivity contribution in [2.45, 2.75) is 177 Å². The van der Waals surface area contributed by atoms with Crippen LogP contribution < -0.4 is 10.4 Å². The van der Waals surface area contributed by atoms with E-state index < -0.39 is 73.1 Å². The van der Waals surface area contributed by atoms with Gasteiger partial charge in [0, 0.05) is 31.8 Å². The predicted octanol–water partition coefficient (Wildman–Crippen LogP) is 10.6. The molecule has 13 heteroatoms. The number of nitrogens with zero attached hydrogens (tertiary/aromatic N) is 2. The van der Waals surface area contributed by atoms with Crippen LogP contribution in [0.3, 0.4) is 0 Å². The Morgan fingerprint density at radius 1 is 0.681 bits per heavy atom. The van der Waals surface area contributed by atoms with Crippen molar-refractivity contribution < 1.29 is 47.3 Å². The standard InChI is InChI=1S/C56H82N2O10Si/c1-14-15-19-30-42(35-36-57-48-47(68-51(61)55(8,9)10)46(67-50(60)54(5,6)7)45(40-63-48)66-49(59)53(2,3)4)58(52(62)64-39-41-28-20-16-21-29-41)37-26-27-38-65-69(56(11,12)13,43-31-22-17-23-32-43)44-33-24-18-25-34-44/h16-18,20-25,28-29,31-34,36,42,45-48H,14-15,19,26-27,30,35,37-40H2,1-13H3/b57-36+/t42-,45+,46+,47-,48-/m0/s1. The first kappa shape index (κ1) is 56.7. The van der Waals surface area contributed by atoms with Crippen LogP contribution in [-0.2, 0) is 49.1 Å². The van der Waals surface area contributed by atoms with Crippen LogP contribution >= 0.6 is 0 Å². The molecule has 3 aromatic rings. The van der Waals surface area contributed by atoms with E-state index in [1.165, 1.54) is 10.4 Å². The molecular formula is C56H82N2O10Si. The minimum Gasteiger partial charge on any atom is -0.455 e. The van der Waals surface area contributed by atoms with Crippen LogP contribution in [0.25, 0.3) is 0 Å². The fourth-order valence-electron chi connectivity index (χ4n) is 8.08. The SMILES string of the molecule is CCCCC[C@@H](C/C=N/[C@H]1OC[C@@H](OC(=O)C(C)(C)C)[C@@H](OC(=O)C(C)(C)C)[C@@H]1OC(=O)C(C)(C)C)N(CCCCO[Si](c1ccccc1)(c1ccccc1)C(C)(C)C)C(=O)OCc1ccccc1. The fraction of sp³-hybridized carbons (Fsp3) is 0.589. The fourth-order valence-corrected chi connectivity index (χ4v) is 12.7. The van der Waals surface area contributed by atoms with Gasteiger partial charge in [-0.15, -0.1) is 0 Å². The number of amides is 1. The molecule has 1 saturated heterocycles. The Hall–Kier alpha value is -4.85. The molecule has 1 amide bonds. The molecule has 1 aliphatic heterocycles. The molecule has 5 atom stereocenters. The van der Waals surface area contributed by atoms with Gasteiger partial charge in [-0.1, -0.05) is 138 Å². The summed E-state index contributed by atoms with van der Waals surface area (Å²) in [6, 6.07) is 30.4. The molecule has 1 heterocycles. The lowest BCUT2D eigenvalue weighted by Crippen LogP contribution is -2.66. The summed E-state index contributed by atoms with van der Waals surface area (Å²) < 4.78 is 37.6. The third-order valence-corrected chi connectivity index (χ3v) is 17.2. The highest BCUT2D eigenvalue weighted by Crippen LogP contribution is 2.37. The van der Waals surface area contributed by atoms with E-state index in [2.05, 4.69) is 76.2 Å². The molecule has 380 valence electrons. The zero-order chi connectivity index (χ0) is 51.0. The van der Waals surface area contributed by atoms with E-state index in [0.29, 0.717) is 38.8 Å². The van der Waals surface area contributed by atoms with Gasteiger partial charge in [0.15, 0.2) is 24.5 Å². The maximum atomic E-state index is 14.3. The van der Waals surface area contributed by atoms with Gasteiger partial charge < -0.3 is 33.0 Å². The molecule has 69 heavy (non-hydrogen) atoms. The van der Waals surface area contributed by atoms with Gasteiger partial charge in [0.2, 0.25) is 0 Å². The van der Waals surface area contributed by atoms with E-state index in [9.17, 15) is 19.2 Å². The first-order chi connectivity index (χ1) is 32.4. The average Bonchev–Trinajstić information content (AvgIpc) is 3.28. The van der Waals surface area contributed by atoms with Crippen molar-refractivity contribution >= 4 is 48.9 Å². The number of ether oxygens (including phenoxy) is 5. The van der Waals surface area contributed by atoms with E-state index in [4.69, 9.17) is 33.1 Å². The molecule has 0 unspecified atom stereocenters. The third-order valence-electron chi connectivity index (χ3n) is 12.2. The summed E-state index contributed by atoms with van der Waals surface area (Å²) in [6.07, 6.45) is 1.81. The first-order valence-electron chi connectivity index (χ1n) is 24.9. The first-order valence-corrected chi connectivity index (χ1v) is 26.8. The van der Waals surface area contributed by atoms with Crippen molar-refractivity contribution in [2.75, 3.05) is 19.8 Å². The normalized spacial score (nSPS) is 18.6. The summed E-state index contributed by atoms with van der Waals surface area (Å²) in [5, 5.41) is 2.25. The monoisotopic (exact) mass is 971 g/mol. The summed E-state index contributed by atoms with van der Waals surface area (Å²) in [6.45, 7) is 25.3. The van der Waals surface area contributed by atoms with Gasteiger partial charge in [-0.3, -0.25) is 19.4 Å². The topological polar surface area (TPSA) is 139 Å². The molecule has 0 spiro atoms. The molecular weight excluding hydrogens is 889 g/mol. The van der Waals surface area contributed by atoms with Gasteiger partial charge in [0.25, 0.3) is 8.32 Å². The van der Waals surface area contributed by atoms with Crippen LogP contribution in [0.5, 0.6) is 0 Å². The zero-order valence-electron chi connectivity index (χ0n) is 43.9. The second-order valence-corrected chi connectivity index (χ2v) is 26.6. The number of esters is 3. The van der Waals surface area contributed by atoms with Gasteiger partial charge in [-0.2, -0.15) is 0 Å². The molecule has 1 fully saturated rings. The predicted molar refractivity (Wildman–Crippen MR) is 275 cm³/mol. The minimum atomic E-state index is -2.77. The van der Waals surface area contributed by atoms with Gasteiger partial charge in [0.1, 0.15) is 6.61 Å². The number of carbonyl (C=O) groups excluding carboxylic acids is 4. The van der Waals surface area contributed by atoms with Crippen molar-refractivity contribution in [3.63, 3.8) is 0 Å². The van der Waals surface area contributed by atoms with Crippen molar-refractivity contribution in [1.82, 2.24) is 4.90 Å². The van der Waals surface area contributed by atoms with E-state index in [1.54, 1.807) is 68.5 Å². The number of rotatable bonds is 21. The third kappa shape index (κ3) is 16.4. The maximum absolute atomic E-state index is 14.3. The molecule has 1 aliphatic rings. The lowest BCUT2D eigenvalue weighted by atomic mass is 9.94. The Balaban J connectivity index is 1.66. The molecule has 0 N–H and O–H groups in total. The minimum absolute atomic E-state index is 0.120. The van der Waals surface area contributed by atoms with E-state index in [1.807, 2.05) is 47.4 Å². The van der Waals surface area contributed by atoms with Crippen LogP contribution in [-0.4, -0.2) is 93.8 Å². The van der Waals surface area contributed by atoms with E-state index in [0.717, 1.165) is 24.8 Å². The Kier molecular flexibility index (Phi) is 20.8. The molecule has 0 saturated carbocycles. The molecule has 0 radical (unpaired) electrons. The molecule has 0 bridgehead atoms. The quantitative estimate of drug-likeness (QED) is 0.0333. The van der Waals surface area contributed by atoms with Gasteiger partial charge >= 0.3 is 24.0 Å². The lowest BCUT2D eigenvalue weighted by Gasteiger charge is -2.43. The highest BCUT2D eigenvalue weighted by Gasteiger charge is 2.51. The summed E-state index contributed by atoms with van der Waals surface area (Å²) in [5.41, 5.74) is -1.85. The number of benzene rings is 3. The summed E-state index contributed by atoms with van der Waals surface area (Å²) in [7, 11) is -2.77. The Bertz CT molecular complexity index is 2050. The van der Waals surface area contributed by atoms with Crippen molar-refractivity contribution in [3.05, 3.63) is 96.6 Å². The van der Waals surface area contributed by atoms with Crippen LogP contribution in [0, 0.1) is 16.2 Å². The smallest absolute Gasteiger partial charge is 0.410 e. The second-order valence-electron chi connectivity index (χ2n) is 22.3. The average molecular weight is 971 g/mol. The largest absolute Gasteiger partial charge is 0.455 e. The summed E-state index contributed by atoms with van der Waals surface area (Å²) in [5.74, 6) is -1.66. The Morgan fingerprint density at radius 2 is 1.19 bits per heavy atom. The van der Waals surface area contributed by atoms with E-state index in [-0.39, 0.29) is 24.3 Å². The molecule has 3 aromatic carbocycles. The maximum Gasteiger partial charge on any atom is 0.410 e. The van der Waals surface area contributed by atoms with Crippen LogP contribution in [0.1, 0.15) is 141 Å². The van der Waals surface area contributed by atoms with Gasteiger partial charge in [-0.25, -0.2) is 4.79 Å². The molecule has 0 aliphatic carbocycles. The molecule has 4 rings (SSSR count). The second kappa shape index (κ2) is 25.3. The lowest BCUT2D eigenvalue weighted by molar-refractivity contribution is -0.233. The highest BCUT2D eigenvalue weighted by atomic mass is 28.4. The van der Waals surface area contributed by atoms with Crippen molar-refractivity contribution in [3.8, 4) is 0 Å². The van der Waals surface area contributed by atoms with Crippen LogP contribution in [0.2, 0.25) is 5.04 Å². The summed E-state index contributed by atoms with van der Waals surface area (Å²) in [4.78, 5) is 61.4. The summed E-state index contributed by atoms with van der Waals surface area (Å²) >= 11 is 0. The van der Waals surface area contributed by atoms with Gasteiger partial charge in [0.05, 0.1) is 22.9 Å². The van der Waals surface area contributed by atoms with Crippen LogP contribution in [0.4, 0.5) is 4.79 Å². The number of hydrogen-bond donors (Lipinski definition) is 0. The van der Waals surface area contributed by atoms with Gasteiger partial charge in [-0.05, 0) is 103 Å². The highest BCUT2D eigenvalue weighted by molar-refractivity contribution is 6.99. The van der Waals surface area contributed by atoms with Crippen LogP contribution in [0.15, 0.2) is 96.0 Å². The Labute approximate surface area is 414 Å². The Morgan fingerprint density at radius 3 is 1.70 bits per heavy atom. The number of carbonyl (C=O) groups is 4. The number of hydrogen-bond acceptors (Lipinski definition) is 11. The van der Waals surface area contributed by atoms with Crippen molar-refractivity contribution in [2.24, 2.45) is 21.2 Å². The number of aliphatic imine (C=N–C) groups is 1. The van der Waals surface area contributed by atoms with Crippen molar-refractivity contribution in [1.29, 1.82) is 0 Å². The molecule has 0 aromatic heterocycles.